The van der Waals surface area contributed by atoms with Crippen LogP contribution in [0.1, 0.15) is 31.4 Å². The highest BCUT2D eigenvalue weighted by Crippen LogP contribution is 2.39. The lowest BCUT2D eigenvalue weighted by molar-refractivity contribution is -0.0130. The molecule has 4 heteroatoms. The van der Waals surface area contributed by atoms with Crippen LogP contribution in [0.15, 0.2) is 18.3 Å². The first-order valence-electron chi connectivity index (χ1n) is 5.63. The van der Waals surface area contributed by atoms with E-state index in [9.17, 15) is 5.11 Å². The summed E-state index contributed by atoms with van der Waals surface area (Å²) >= 11 is 0. The summed E-state index contributed by atoms with van der Waals surface area (Å²) in [7, 11) is 1.59. The van der Waals surface area contributed by atoms with Crippen LogP contribution in [0.5, 0.6) is 5.75 Å². The average Bonchev–Trinajstić information content (AvgIpc) is 2.29. The Hall–Kier alpha value is -1.13. The van der Waals surface area contributed by atoms with Gasteiger partial charge < -0.3 is 15.6 Å². The van der Waals surface area contributed by atoms with Gasteiger partial charge in [0.25, 0.3) is 0 Å². The summed E-state index contributed by atoms with van der Waals surface area (Å²) in [5.41, 5.74) is 5.60. The molecule has 1 aromatic heterocycles. The summed E-state index contributed by atoms with van der Waals surface area (Å²) in [6.45, 7) is 0. The lowest BCUT2D eigenvalue weighted by atomic mass is 9.79. The molecule has 4 nitrogen and oxygen atoms in total. The number of methoxy groups -OCH3 is 1. The molecule has 1 aliphatic carbocycles. The number of aromatic nitrogens is 1. The molecule has 2 rings (SSSR count). The van der Waals surface area contributed by atoms with E-state index in [-0.39, 0.29) is 6.04 Å². The van der Waals surface area contributed by atoms with Crippen molar-refractivity contribution in [3.8, 4) is 5.75 Å². The van der Waals surface area contributed by atoms with E-state index < -0.39 is 5.60 Å². The minimum Gasteiger partial charge on any atom is -0.495 e. The quantitative estimate of drug-likeness (QED) is 0.788. The fourth-order valence-corrected chi connectivity index (χ4v) is 2.41. The molecule has 1 saturated carbocycles. The lowest BCUT2D eigenvalue weighted by Crippen LogP contribution is -2.39. The van der Waals surface area contributed by atoms with Crippen molar-refractivity contribution in [3.05, 3.63) is 24.0 Å². The van der Waals surface area contributed by atoms with Crippen LogP contribution in [0.2, 0.25) is 0 Å². The second-order valence-electron chi connectivity index (χ2n) is 4.44. The Morgan fingerprint density at radius 3 is 3.12 bits per heavy atom. The lowest BCUT2D eigenvalue weighted by Gasteiger charge is -2.35. The van der Waals surface area contributed by atoms with Crippen molar-refractivity contribution in [1.82, 2.24) is 4.98 Å². The van der Waals surface area contributed by atoms with Gasteiger partial charge in [0.05, 0.1) is 7.11 Å². The third-order valence-electron chi connectivity index (χ3n) is 3.20. The van der Waals surface area contributed by atoms with Crippen LogP contribution in [-0.4, -0.2) is 23.2 Å². The Bertz CT molecular complexity index is 370. The first kappa shape index (κ1) is 11.4. The number of aliphatic hydroxyl groups is 1. The molecule has 3 N–H and O–H groups in total. The molecule has 0 spiro atoms. The number of nitrogens with two attached hydrogens (primary N) is 1. The van der Waals surface area contributed by atoms with Gasteiger partial charge in [0.2, 0.25) is 0 Å². The van der Waals surface area contributed by atoms with E-state index in [1.165, 1.54) is 0 Å². The number of hydrogen-bond donors (Lipinski definition) is 2. The van der Waals surface area contributed by atoms with E-state index in [2.05, 4.69) is 4.98 Å². The molecule has 0 bridgehead atoms. The van der Waals surface area contributed by atoms with Gasteiger partial charge in [-0.05, 0) is 37.8 Å². The maximum Gasteiger partial charge on any atom is 0.143 e. The number of hydrogen-bond acceptors (Lipinski definition) is 4. The van der Waals surface area contributed by atoms with Gasteiger partial charge in [-0.3, -0.25) is 4.98 Å². The zero-order chi connectivity index (χ0) is 11.6. The summed E-state index contributed by atoms with van der Waals surface area (Å²) in [4.78, 5) is 4.25. The zero-order valence-corrected chi connectivity index (χ0v) is 9.52. The van der Waals surface area contributed by atoms with Crippen LogP contribution in [0.4, 0.5) is 0 Å². The molecule has 1 aromatic rings. The molecule has 16 heavy (non-hydrogen) atoms. The van der Waals surface area contributed by atoms with E-state index in [0.29, 0.717) is 24.3 Å². The van der Waals surface area contributed by atoms with Crippen LogP contribution in [-0.2, 0) is 5.60 Å². The highest BCUT2D eigenvalue weighted by molar-refractivity contribution is 5.32. The van der Waals surface area contributed by atoms with Gasteiger partial charge in [-0.2, -0.15) is 0 Å². The average molecular weight is 222 g/mol. The molecule has 0 radical (unpaired) electrons. The van der Waals surface area contributed by atoms with Crippen molar-refractivity contribution >= 4 is 0 Å². The molecule has 0 aliphatic heterocycles. The van der Waals surface area contributed by atoms with Gasteiger partial charge in [0.1, 0.15) is 17.0 Å². The van der Waals surface area contributed by atoms with E-state index in [4.69, 9.17) is 10.5 Å². The van der Waals surface area contributed by atoms with Crippen molar-refractivity contribution in [2.45, 2.75) is 37.3 Å². The molecular formula is C12H18N2O2. The molecule has 88 valence electrons. The summed E-state index contributed by atoms with van der Waals surface area (Å²) in [6.07, 6.45) is 4.83. The molecule has 2 unspecified atom stereocenters. The third-order valence-corrected chi connectivity index (χ3v) is 3.20. The minimum atomic E-state index is -0.926. The highest BCUT2D eigenvalue weighted by Gasteiger charge is 2.37. The molecule has 0 aromatic carbocycles. The summed E-state index contributed by atoms with van der Waals surface area (Å²) < 4.78 is 5.24. The normalized spacial score (nSPS) is 30.1. The molecule has 0 amide bonds. The van der Waals surface area contributed by atoms with E-state index in [1.54, 1.807) is 19.4 Å². The van der Waals surface area contributed by atoms with Gasteiger partial charge >= 0.3 is 0 Å². The fourth-order valence-electron chi connectivity index (χ4n) is 2.41. The molecule has 1 fully saturated rings. The molecule has 1 aliphatic rings. The highest BCUT2D eigenvalue weighted by atomic mass is 16.5. The Balaban J connectivity index is 2.34. The first-order valence-corrected chi connectivity index (χ1v) is 5.63. The SMILES string of the molecule is COc1cccnc1C1(O)CCCC(N)C1. The second-order valence-corrected chi connectivity index (χ2v) is 4.44. The third kappa shape index (κ3) is 2.03. The summed E-state index contributed by atoms with van der Waals surface area (Å²) in [5, 5.41) is 10.6. The largest absolute Gasteiger partial charge is 0.495 e. The Morgan fingerprint density at radius 2 is 2.44 bits per heavy atom. The standard InChI is InChI=1S/C12H18N2O2/c1-16-10-5-3-7-14-11(10)12(15)6-2-4-9(13)8-12/h3,5,7,9,15H,2,4,6,8,13H2,1H3. The molecular weight excluding hydrogens is 204 g/mol. The van der Waals surface area contributed by atoms with Crippen LogP contribution < -0.4 is 10.5 Å². The summed E-state index contributed by atoms with van der Waals surface area (Å²) in [6, 6.07) is 3.67. The zero-order valence-electron chi connectivity index (χ0n) is 9.52. The summed E-state index contributed by atoms with van der Waals surface area (Å²) in [5.74, 6) is 0.638. The van der Waals surface area contributed by atoms with E-state index in [0.717, 1.165) is 12.8 Å². The topological polar surface area (TPSA) is 68.4 Å². The molecule has 2 atom stereocenters. The van der Waals surface area contributed by atoms with Crippen molar-refractivity contribution in [1.29, 1.82) is 0 Å². The van der Waals surface area contributed by atoms with Gasteiger partial charge in [0, 0.05) is 12.2 Å². The first-order chi connectivity index (χ1) is 7.65. The van der Waals surface area contributed by atoms with Gasteiger partial charge in [0.15, 0.2) is 0 Å². The fraction of sp³-hybridized carbons (Fsp3) is 0.583. The number of rotatable bonds is 2. The Labute approximate surface area is 95.4 Å². The number of pyridine rings is 1. The van der Waals surface area contributed by atoms with Crippen LogP contribution in [0.25, 0.3) is 0 Å². The van der Waals surface area contributed by atoms with Crippen LogP contribution in [0.3, 0.4) is 0 Å². The minimum absolute atomic E-state index is 0.0467. The molecule has 1 heterocycles. The van der Waals surface area contributed by atoms with Crippen molar-refractivity contribution in [3.63, 3.8) is 0 Å². The van der Waals surface area contributed by atoms with E-state index >= 15 is 0 Å². The molecule has 0 saturated heterocycles. The second kappa shape index (κ2) is 4.39. The van der Waals surface area contributed by atoms with Crippen LogP contribution in [0, 0.1) is 0 Å². The van der Waals surface area contributed by atoms with Gasteiger partial charge in [-0.15, -0.1) is 0 Å². The van der Waals surface area contributed by atoms with Gasteiger partial charge in [-0.25, -0.2) is 0 Å². The monoisotopic (exact) mass is 222 g/mol. The predicted octanol–water partition coefficient (Wildman–Crippen LogP) is 1.18. The smallest absolute Gasteiger partial charge is 0.143 e. The Kier molecular flexibility index (Phi) is 3.12. The predicted molar refractivity (Wildman–Crippen MR) is 61.1 cm³/mol. The maximum atomic E-state index is 10.6. The number of nitrogens with zero attached hydrogens (tertiary/aromatic N) is 1. The Morgan fingerprint density at radius 1 is 1.62 bits per heavy atom. The van der Waals surface area contributed by atoms with Crippen molar-refractivity contribution < 1.29 is 9.84 Å². The van der Waals surface area contributed by atoms with Gasteiger partial charge in [-0.1, -0.05) is 0 Å². The van der Waals surface area contributed by atoms with E-state index in [1.807, 2.05) is 6.07 Å². The number of ether oxygens (including phenoxy) is 1. The van der Waals surface area contributed by atoms with Crippen molar-refractivity contribution in [2.24, 2.45) is 5.73 Å². The van der Waals surface area contributed by atoms with Crippen molar-refractivity contribution in [2.75, 3.05) is 7.11 Å². The van der Waals surface area contributed by atoms with Crippen LogP contribution >= 0.6 is 0 Å². The maximum absolute atomic E-state index is 10.6.